The summed E-state index contributed by atoms with van der Waals surface area (Å²) >= 11 is 0. The Labute approximate surface area is 93.9 Å². The molecular weight excluding hydrogens is 188 g/mol. The van der Waals surface area contributed by atoms with Gasteiger partial charge >= 0.3 is 0 Å². The first kappa shape index (κ1) is 12.9. The number of aliphatic hydroxyl groups excluding tert-OH is 1. The summed E-state index contributed by atoms with van der Waals surface area (Å²) in [7, 11) is 1.93. The monoisotopic (exact) mass is 214 g/mol. The lowest BCUT2D eigenvalue weighted by atomic mass is 9.97. The molecule has 0 spiro atoms. The average molecular weight is 214 g/mol. The van der Waals surface area contributed by atoms with Crippen LogP contribution in [-0.2, 0) is 0 Å². The maximum absolute atomic E-state index is 9.30. The third kappa shape index (κ3) is 3.74. The van der Waals surface area contributed by atoms with Crippen LogP contribution in [0.5, 0.6) is 0 Å². The van der Waals surface area contributed by atoms with Crippen molar-refractivity contribution in [2.24, 2.45) is 0 Å². The van der Waals surface area contributed by atoms with Crippen LogP contribution in [-0.4, -0.2) is 48.3 Å². The third-order valence-electron chi connectivity index (χ3n) is 3.84. The number of aliphatic hydroxyl groups is 1. The number of hydrogen-bond donors (Lipinski definition) is 2. The van der Waals surface area contributed by atoms with E-state index in [-0.39, 0.29) is 12.1 Å². The molecule has 90 valence electrons. The van der Waals surface area contributed by atoms with Crippen molar-refractivity contribution in [3.63, 3.8) is 0 Å². The molecule has 0 aromatic heterocycles. The van der Waals surface area contributed by atoms with E-state index in [9.17, 15) is 5.11 Å². The molecule has 1 aliphatic heterocycles. The van der Waals surface area contributed by atoms with E-state index in [0.717, 1.165) is 19.0 Å². The molecule has 0 aliphatic carbocycles. The Balaban J connectivity index is 2.34. The summed E-state index contributed by atoms with van der Waals surface area (Å²) in [6, 6.07) is 0.721. The Morgan fingerprint density at radius 1 is 1.47 bits per heavy atom. The second kappa shape index (κ2) is 5.83. The second-order valence-corrected chi connectivity index (χ2v) is 5.10. The summed E-state index contributed by atoms with van der Waals surface area (Å²) in [5.41, 5.74) is -0.114. The van der Waals surface area contributed by atoms with Crippen molar-refractivity contribution in [3.8, 4) is 0 Å². The number of likely N-dealkylation sites (N-methyl/N-ethyl adjacent to an activating group) is 1. The summed E-state index contributed by atoms with van der Waals surface area (Å²) in [6.07, 6.45) is 5.06. The van der Waals surface area contributed by atoms with Crippen LogP contribution >= 0.6 is 0 Å². The van der Waals surface area contributed by atoms with Gasteiger partial charge in [0.05, 0.1) is 6.61 Å². The molecule has 2 N–H and O–H groups in total. The molecule has 0 saturated carbocycles. The first-order valence-electron chi connectivity index (χ1n) is 6.15. The number of likely N-dealkylation sites (tertiary alicyclic amines) is 1. The smallest absolute Gasteiger partial charge is 0.0610 e. The third-order valence-corrected chi connectivity index (χ3v) is 3.84. The van der Waals surface area contributed by atoms with Crippen LogP contribution in [0.2, 0.25) is 0 Å². The number of rotatable bonds is 5. The van der Waals surface area contributed by atoms with E-state index in [2.05, 4.69) is 24.1 Å². The highest BCUT2D eigenvalue weighted by Crippen LogP contribution is 2.18. The van der Waals surface area contributed by atoms with E-state index in [4.69, 9.17) is 0 Å². The predicted molar refractivity (Wildman–Crippen MR) is 64.1 cm³/mol. The van der Waals surface area contributed by atoms with E-state index >= 15 is 0 Å². The first-order chi connectivity index (χ1) is 7.11. The van der Waals surface area contributed by atoms with Gasteiger partial charge in [0.1, 0.15) is 0 Å². The highest BCUT2D eigenvalue weighted by Gasteiger charge is 2.24. The molecule has 0 aromatic carbocycles. The van der Waals surface area contributed by atoms with Crippen LogP contribution in [0.3, 0.4) is 0 Å². The molecule has 0 bridgehead atoms. The highest BCUT2D eigenvalue weighted by molar-refractivity contribution is 4.83. The van der Waals surface area contributed by atoms with Crippen LogP contribution in [0.25, 0.3) is 0 Å². The van der Waals surface area contributed by atoms with Crippen molar-refractivity contribution in [1.82, 2.24) is 10.2 Å². The zero-order valence-corrected chi connectivity index (χ0v) is 10.4. The fourth-order valence-electron chi connectivity index (χ4n) is 2.16. The topological polar surface area (TPSA) is 35.5 Å². The molecule has 2 atom stereocenters. The average Bonchev–Trinajstić information content (AvgIpc) is 2.28. The molecular formula is C12H26N2O. The molecule has 3 nitrogen and oxygen atoms in total. The lowest BCUT2D eigenvalue weighted by molar-refractivity contribution is 0.118. The van der Waals surface area contributed by atoms with E-state index in [1.807, 2.05) is 7.05 Å². The Bertz CT molecular complexity index is 180. The van der Waals surface area contributed by atoms with Gasteiger partial charge in [-0.15, -0.1) is 0 Å². The zero-order valence-electron chi connectivity index (χ0n) is 10.4. The zero-order chi connectivity index (χ0) is 11.3. The van der Waals surface area contributed by atoms with Gasteiger partial charge in [0.15, 0.2) is 0 Å². The highest BCUT2D eigenvalue weighted by atomic mass is 16.3. The largest absolute Gasteiger partial charge is 0.394 e. The molecule has 3 heteroatoms. The van der Waals surface area contributed by atoms with Gasteiger partial charge in [-0.2, -0.15) is 0 Å². The summed E-state index contributed by atoms with van der Waals surface area (Å²) in [5.74, 6) is 0. The molecule has 15 heavy (non-hydrogen) atoms. The minimum Gasteiger partial charge on any atom is -0.394 e. The van der Waals surface area contributed by atoms with Gasteiger partial charge < -0.3 is 15.3 Å². The molecule has 1 aliphatic rings. The normalized spacial score (nSPS) is 27.6. The van der Waals surface area contributed by atoms with Gasteiger partial charge in [0.2, 0.25) is 0 Å². The van der Waals surface area contributed by atoms with E-state index < -0.39 is 0 Å². The Morgan fingerprint density at radius 2 is 2.20 bits per heavy atom. The molecule has 1 rings (SSSR count). The van der Waals surface area contributed by atoms with Gasteiger partial charge in [0, 0.05) is 18.1 Å². The molecule has 0 amide bonds. The van der Waals surface area contributed by atoms with Crippen molar-refractivity contribution in [2.75, 3.05) is 26.7 Å². The predicted octanol–water partition coefficient (Wildman–Crippen LogP) is 1.22. The van der Waals surface area contributed by atoms with E-state index in [0.29, 0.717) is 0 Å². The lowest BCUT2D eigenvalue weighted by Crippen LogP contribution is -2.48. The quantitative estimate of drug-likeness (QED) is 0.722. The number of nitrogens with zero attached hydrogens (tertiary/aromatic N) is 1. The van der Waals surface area contributed by atoms with E-state index in [1.165, 1.54) is 25.8 Å². The van der Waals surface area contributed by atoms with Crippen molar-refractivity contribution in [2.45, 2.75) is 51.1 Å². The van der Waals surface area contributed by atoms with Crippen LogP contribution in [0.4, 0.5) is 0 Å². The molecule has 2 unspecified atom stereocenters. The molecule has 0 radical (unpaired) electrons. The molecule has 1 fully saturated rings. The van der Waals surface area contributed by atoms with Gasteiger partial charge in [-0.25, -0.2) is 0 Å². The fourth-order valence-corrected chi connectivity index (χ4v) is 2.16. The van der Waals surface area contributed by atoms with Gasteiger partial charge in [-0.3, -0.25) is 0 Å². The maximum Gasteiger partial charge on any atom is 0.0610 e. The van der Waals surface area contributed by atoms with Crippen LogP contribution in [0.1, 0.15) is 39.5 Å². The minimum atomic E-state index is -0.114. The summed E-state index contributed by atoms with van der Waals surface area (Å²) in [6.45, 7) is 6.94. The summed E-state index contributed by atoms with van der Waals surface area (Å²) < 4.78 is 0. The van der Waals surface area contributed by atoms with Crippen molar-refractivity contribution in [3.05, 3.63) is 0 Å². The van der Waals surface area contributed by atoms with Crippen LogP contribution in [0.15, 0.2) is 0 Å². The van der Waals surface area contributed by atoms with E-state index in [1.54, 1.807) is 0 Å². The van der Waals surface area contributed by atoms with Crippen LogP contribution in [0, 0.1) is 0 Å². The SMILES string of the molecule is CNC(C)(CO)CCN1CCCCC1C. The maximum atomic E-state index is 9.30. The standard InChI is InChI=1S/C12H26N2O/c1-11-6-4-5-8-14(11)9-7-12(2,10-15)13-3/h11,13,15H,4-10H2,1-3H3. The van der Waals surface area contributed by atoms with Gasteiger partial charge in [-0.1, -0.05) is 6.42 Å². The number of hydrogen-bond acceptors (Lipinski definition) is 3. The Kier molecular flexibility index (Phi) is 5.03. The second-order valence-electron chi connectivity index (χ2n) is 5.10. The number of nitrogens with one attached hydrogen (secondary N) is 1. The molecule has 1 saturated heterocycles. The van der Waals surface area contributed by atoms with Crippen molar-refractivity contribution >= 4 is 0 Å². The molecule has 1 heterocycles. The van der Waals surface area contributed by atoms with Gasteiger partial charge in [-0.05, 0) is 46.7 Å². The van der Waals surface area contributed by atoms with Crippen LogP contribution < -0.4 is 5.32 Å². The summed E-state index contributed by atoms with van der Waals surface area (Å²) in [5, 5.41) is 12.5. The Morgan fingerprint density at radius 3 is 2.73 bits per heavy atom. The minimum absolute atomic E-state index is 0.114. The molecule has 0 aromatic rings. The van der Waals surface area contributed by atoms with Crippen molar-refractivity contribution < 1.29 is 5.11 Å². The number of piperidine rings is 1. The van der Waals surface area contributed by atoms with Gasteiger partial charge in [0.25, 0.3) is 0 Å². The lowest BCUT2D eigenvalue weighted by Gasteiger charge is -2.36. The Hall–Kier alpha value is -0.120. The van der Waals surface area contributed by atoms with Crippen molar-refractivity contribution in [1.29, 1.82) is 0 Å². The summed E-state index contributed by atoms with van der Waals surface area (Å²) in [4.78, 5) is 2.55. The first-order valence-corrected chi connectivity index (χ1v) is 6.15. The fraction of sp³-hybridized carbons (Fsp3) is 1.00.